The zero-order valence-corrected chi connectivity index (χ0v) is 7.64. The van der Waals surface area contributed by atoms with Gasteiger partial charge in [0.15, 0.2) is 0 Å². The summed E-state index contributed by atoms with van der Waals surface area (Å²) in [5, 5.41) is 0. The van der Waals surface area contributed by atoms with Crippen LogP contribution in [-0.4, -0.2) is 4.98 Å². The van der Waals surface area contributed by atoms with Crippen molar-refractivity contribution in [2.75, 3.05) is 11.5 Å². The number of hydrogen-bond donors (Lipinski definition) is 2. The molecule has 0 aliphatic heterocycles. The van der Waals surface area contributed by atoms with Crippen molar-refractivity contribution in [3.8, 4) is 11.3 Å². The van der Waals surface area contributed by atoms with Crippen molar-refractivity contribution in [1.82, 2.24) is 4.98 Å². The Hall–Kier alpha value is -2.03. The second-order valence-corrected chi connectivity index (χ2v) is 3.08. The topological polar surface area (TPSA) is 64.9 Å². The van der Waals surface area contributed by atoms with Gasteiger partial charge >= 0.3 is 0 Å². The molecule has 3 heteroatoms. The first-order chi connectivity index (χ1) is 6.75. The Balaban J connectivity index is 2.52. The second kappa shape index (κ2) is 3.38. The Kier molecular flexibility index (Phi) is 2.07. The van der Waals surface area contributed by atoms with Gasteiger partial charge in [0, 0.05) is 17.3 Å². The van der Waals surface area contributed by atoms with Gasteiger partial charge in [-0.05, 0) is 6.07 Å². The lowest BCUT2D eigenvalue weighted by atomic mass is 10.1. The molecule has 0 spiro atoms. The van der Waals surface area contributed by atoms with E-state index >= 15 is 0 Å². The molecule has 0 amide bonds. The molecule has 1 aromatic carbocycles. The first-order valence-corrected chi connectivity index (χ1v) is 4.34. The molecule has 0 bridgehead atoms. The summed E-state index contributed by atoms with van der Waals surface area (Å²) < 4.78 is 0. The standard InChI is InChI=1S/C11H11N3/c12-9-6-10(14-11(13)7-9)8-4-2-1-3-5-8/h1-7H,(H4,12,13,14). The smallest absolute Gasteiger partial charge is 0.126 e. The number of pyridine rings is 1. The number of nitrogens with two attached hydrogens (primary N) is 2. The van der Waals surface area contributed by atoms with Crippen LogP contribution in [-0.2, 0) is 0 Å². The molecule has 0 unspecified atom stereocenters. The Morgan fingerprint density at radius 2 is 1.64 bits per heavy atom. The van der Waals surface area contributed by atoms with Crippen LogP contribution < -0.4 is 11.5 Å². The summed E-state index contributed by atoms with van der Waals surface area (Å²) in [5.74, 6) is 0.448. The first kappa shape index (κ1) is 8.56. The van der Waals surface area contributed by atoms with Gasteiger partial charge in [-0.3, -0.25) is 0 Å². The van der Waals surface area contributed by atoms with E-state index in [0.29, 0.717) is 11.5 Å². The molecular weight excluding hydrogens is 174 g/mol. The molecule has 0 radical (unpaired) electrons. The van der Waals surface area contributed by atoms with Gasteiger partial charge < -0.3 is 11.5 Å². The lowest BCUT2D eigenvalue weighted by Crippen LogP contribution is -1.95. The van der Waals surface area contributed by atoms with Crippen molar-refractivity contribution >= 4 is 11.5 Å². The summed E-state index contributed by atoms with van der Waals surface area (Å²) in [5.41, 5.74) is 13.7. The van der Waals surface area contributed by atoms with E-state index in [-0.39, 0.29) is 0 Å². The van der Waals surface area contributed by atoms with E-state index in [4.69, 9.17) is 11.5 Å². The van der Waals surface area contributed by atoms with Crippen LogP contribution in [0.4, 0.5) is 11.5 Å². The number of nitrogen functional groups attached to an aromatic ring is 2. The monoisotopic (exact) mass is 185 g/mol. The maximum absolute atomic E-state index is 5.68. The zero-order valence-electron chi connectivity index (χ0n) is 7.64. The molecule has 1 heterocycles. The fourth-order valence-corrected chi connectivity index (χ4v) is 1.33. The molecule has 14 heavy (non-hydrogen) atoms. The van der Waals surface area contributed by atoms with Gasteiger partial charge in [-0.1, -0.05) is 30.3 Å². The third kappa shape index (κ3) is 1.66. The predicted octanol–water partition coefficient (Wildman–Crippen LogP) is 1.91. The van der Waals surface area contributed by atoms with Crippen molar-refractivity contribution < 1.29 is 0 Å². The number of hydrogen-bond acceptors (Lipinski definition) is 3. The number of nitrogens with zero attached hydrogens (tertiary/aromatic N) is 1. The van der Waals surface area contributed by atoms with Crippen LogP contribution in [0.25, 0.3) is 11.3 Å². The summed E-state index contributed by atoms with van der Waals surface area (Å²) in [7, 11) is 0. The van der Waals surface area contributed by atoms with E-state index < -0.39 is 0 Å². The zero-order chi connectivity index (χ0) is 9.97. The van der Waals surface area contributed by atoms with Crippen LogP contribution in [0.2, 0.25) is 0 Å². The summed E-state index contributed by atoms with van der Waals surface area (Å²) in [6.45, 7) is 0. The molecule has 0 aliphatic carbocycles. The third-order valence-corrected chi connectivity index (χ3v) is 1.94. The lowest BCUT2D eigenvalue weighted by molar-refractivity contribution is 1.33. The summed E-state index contributed by atoms with van der Waals surface area (Å²) >= 11 is 0. The van der Waals surface area contributed by atoms with E-state index in [0.717, 1.165) is 11.3 Å². The Bertz CT molecular complexity index is 417. The molecule has 0 saturated carbocycles. The van der Waals surface area contributed by atoms with Gasteiger partial charge in [-0.25, -0.2) is 4.98 Å². The predicted molar refractivity (Wildman–Crippen MR) is 58.5 cm³/mol. The van der Waals surface area contributed by atoms with E-state index in [1.165, 1.54) is 0 Å². The minimum Gasteiger partial charge on any atom is -0.399 e. The van der Waals surface area contributed by atoms with Gasteiger partial charge in [0.25, 0.3) is 0 Å². The molecule has 0 saturated heterocycles. The number of anilines is 2. The number of rotatable bonds is 1. The van der Waals surface area contributed by atoms with E-state index in [1.807, 2.05) is 36.4 Å². The van der Waals surface area contributed by atoms with Crippen LogP contribution in [0, 0.1) is 0 Å². The highest BCUT2D eigenvalue weighted by molar-refractivity contribution is 5.65. The molecule has 3 nitrogen and oxygen atoms in total. The lowest BCUT2D eigenvalue weighted by Gasteiger charge is -2.03. The Morgan fingerprint density at radius 1 is 0.929 bits per heavy atom. The molecule has 70 valence electrons. The summed E-state index contributed by atoms with van der Waals surface area (Å²) in [4.78, 5) is 4.20. The number of aromatic nitrogens is 1. The molecule has 0 fully saturated rings. The highest BCUT2D eigenvalue weighted by Crippen LogP contribution is 2.20. The SMILES string of the molecule is Nc1cc(N)nc(-c2ccccc2)c1. The quantitative estimate of drug-likeness (QED) is 0.713. The van der Waals surface area contributed by atoms with Gasteiger partial charge in [-0.2, -0.15) is 0 Å². The van der Waals surface area contributed by atoms with E-state index in [1.54, 1.807) is 6.07 Å². The molecular formula is C11H11N3. The minimum atomic E-state index is 0.448. The van der Waals surface area contributed by atoms with Crippen molar-refractivity contribution in [1.29, 1.82) is 0 Å². The third-order valence-electron chi connectivity index (χ3n) is 1.94. The first-order valence-electron chi connectivity index (χ1n) is 4.34. The normalized spacial score (nSPS) is 10.0. The maximum atomic E-state index is 5.68. The molecule has 1 aromatic heterocycles. The van der Waals surface area contributed by atoms with Crippen LogP contribution in [0.15, 0.2) is 42.5 Å². The molecule has 4 N–H and O–H groups in total. The Morgan fingerprint density at radius 3 is 2.29 bits per heavy atom. The maximum Gasteiger partial charge on any atom is 0.126 e. The minimum absolute atomic E-state index is 0.448. The van der Waals surface area contributed by atoms with Gasteiger partial charge in [0.2, 0.25) is 0 Å². The highest BCUT2D eigenvalue weighted by Gasteiger charge is 2.00. The van der Waals surface area contributed by atoms with Gasteiger partial charge in [0.05, 0.1) is 5.69 Å². The molecule has 2 rings (SSSR count). The van der Waals surface area contributed by atoms with Gasteiger partial charge in [0.1, 0.15) is 5.82 Å². The average Bonchev–Trinajstić information content (AvgIpc) is 2.18. The largest absolute Gasteiger partial charge is 0.399 e. The Labute approximate surface area is 82.4 Å². The van der Waals surface area contributed by atoms with Crippen molar-refractivity contribution in [2.45, 2.75) is 0 Å². The van der Waals surface area contributed by atoms with Crippen LogP contribution in [0.1, 0.15) is 0 Å². The average molecular weight is 185 g/mol. The van der Waals surface area contributed by atoms with Crippen molar-refractivity contribution in [3.05, 3.63) is 42.5 Å². The molecule has 2 aromatic rings. The fourth-order valence-electron chi connectivity index (χ4n) is 1.33. The fraction of sp³-hybridized carbons (Fsp3) is 0. The van der Waals surface area contributed by atoms with Crippen molar-refractivity contribution in [3.63, 3.8) is 0 Å². The van der Waals surface area contributed by atoms with Crippen LogP contribution in [0.5, 0.6) is 0 Å². The summed E-state index contributed by atoms with van der Waals surface area (Å²) in [6, 6.07) is 13.3. The van der Waals surface area contributed by atoms with Crippen molar-refractivity contribution in [2.24, 2.45) is 0 Å². The molecule has 0 atom stereocenters. The highest BCUT2D eigenvalue weighted by atomic mass is 14.8. The number of benzene rings is 1. The van der Waals surface area contributed by atoms with Crippen LogP contribution >= 0.6 is 0 Å². The van der Waals surface area contributed by atoms with Gasteiger partial charge in [-0.15, -0.1) is 0 Å². The van der Waals surface area contributed by atoms with E-state index in [2.05, 4.69) is 4.98 Å². The summed E-state index contributed by atoms with van der Waals surface area (Å²) in [6.07, 6.45) is 0. The van der Waals surface area contributed by atoms with Crippen LogP contribution in [0.3, 0.4) is 0 Å². The molecule has 0 aliphatic rings. The van der Waals surface area contributed by atoms with E-state index in [9.17, 15) is 0 Å². The second-order valence-electron chi connectivity index (χ2n) is 3.08.